The molecule has 1 aromatic heterocycles. The molecular formula is C12H16N2O3. The minimum absolute atomic E-state index is 0. The molecule has 0 amide bonds. The monoisotopic (exact) mass is 236 g/mol. The van der Waals surface area contributed by atoms with Gasteiger partial charge in [0.05, 0.1) is 0 Å². The number of aromatic nitrogens is 1. The van der Waals surface area contributed by atoms with E-state index in [1.807, 2.05) is 42.1 Å². The first-order valence-corrected chi connectivity index (χ1v) is 5.11. The summed E-state index contributed by atoms with van der Waals surface area (Å²) < 4.78 is 1.99. The van der Waals surface area contributed by atoms with Crippen molar-refractivity contribution in [3.05, 3.63) is 36.0 Å². The van der Waals surface area contributed by atoms with Crippen molar-refractivity contribution in [3.8, 4) is 0 Å². The van der Waals surface area contributed by atoms with Crippen molar-refractivity contribution in [2.45, 2.75) is 12.5 Å². The van der Waals surface area contributed by atoms with E-state index >= 15 is 0 Å². The largest absolute Gasteiger partial charge is 0.480 e. The van der Waals surface area contributed by atoms with Crippen LogP contribution in [0.2, 0.25) is 0 Å². The summed E-state index contributed by atoms with van der Waals surface area (Å²) in [5.41, 5.74) is 7.61. The SMILES string of the molecule is Cn1cc(C[C@H](N)C(=O)O)c2ccccc21.O. The van der Waals surface area contributed by atoms with Gasteiger partial charge in [0.25, 0.3) is 0 Å². The zero-order valence-electron chi connectivity index (χ0n) is 9.55. The fraction of sp³-hybridized carbons (Fsp3) is 0.250. The first-order valence-electron chi connectivity index (χ1n) is 5.11. The van der Waals surface area contributed by atoms with E-state index in [2.05, 4.69) is 0 Å². The van der Waals surface area contributed by atoms with Gasteiger partial charge >= 0.3 is 5.97 Å². The molecule has 0 fully saturated rings. The maximum absolute atomic E-state index is 10.7. The molecule has 2 rings (SSSR count). The molecule has 92 valence electrons. The van der Waals surface area contributed by atoms with Crippen LogP contribution in [0.3, 0.4) is 0 Å². The number of aryl methyl sites for hydroxylation is 1. The van der Waals surface area contributed by atoms with Crippen molar-refractivity contribution < 1.29 is 15.4 Å². The number of carboxylic acids is 1. The van der Waals surface area contributed by atoms with Gasteiger partial charge in [-0.1, -0.05) is 18.2 Å². The maximum atomic E-state index is 10.7. The van der Waals surface area contributed by atoms with Crippen molar-refractivity contribution in [3.63, 3.8) is 0 Å². The van der Waals surface area contributed by atoms with Crippen LogP contribution in [0.4, 0.5) is 0 Å². The highest BCUT2D eigenvalue weighted by molar-refractivity contribution is 5.85. The van der Waals surface area contributed by atoms with E-state index in [0.29, 0.717) is 6.42 Å². The van der Waals surface area contributed by atoms with Crippen molar-refractivity contribution in [2.24, 2.45) is 12.8 Å². The molecule has 1 atom stereocenters. The highest BCUT2D eigenvalue weighted by atomic mass is 16.4. The third-order valence-corrected chi connectivity index (χ3v) is 2.74. The van der Waals surface area contributed by atoms with Crippen LogP contribution in [0.5, 0.6) is 0 Å². The summed E-state index contributed by atoms with van der Waals surface area (Å²) in [4.78, 5) is 10.7. The fourth-order valence-electron chi connectivity index (χ4n) is 1.91. The molecule has 1 aromatic carbocycles. The van der Waals surface area contributed by atoms with Crippen LogP contribution < -0.4 is 5.73 Å². The van der Waals surface area contributed by atoms with E-state index in [-0.39, 0.29) is 5.48 Å². The van der Waals surface area contributed by atoms with Gasteiger partial charge in [-0.15, -0.1) is 0 Å². The third-order valence-electron chi connectivity index (χ3n) is 2.74. The smallest absolute Gasteiger partial charge is 0.320 e. The fourth-order valence-corrected chi connectivity index (χ4v) is 1.91. The molecule has 0 spiro atoms. The minimum Gasteiger partial charge on any atom is -0.480 e. The van der Waals surface area contributed by atoms with Crippen molar-refractivity contribution >= 4 is 16.9 Å². The second-order valence-electron chi connectivity index (χ2n) is 3.93. The molecule has 0 saturated heterocycles. The molecule has 0 aliphatic carbocycles. The third kappa shape index (κ3) is 2.46. The topological polar surface area (TPSA) is 99.8 Å². The van der Waals surface area contributed by atoms with Crippen molar-refractivity contribution in [2.75, 3.05) is 0 Å². The normalized spacial score (nSPS) is 12.1. The Morgan fingerprint density at radius 2 is 2.12 bits per heavy atom. The number of carbonyl (C=O) groups is 1. The first kappa shape index (κ1) is 13.2. The van der Waals surface area contributed by atoms with Crippen LogP contribution in [-0.4, -0.2) is 27.2 Å². The van der Waals surface area contributed by atoms with Gasteiger partial charge in [-0.3, -0.25) is 4.79 Å². The molecule has 0 bridgehead atoms. The quantitative estimate of drug-likeness (QED) is 0.801. The molecular weight excluding hydrogens is 220 g/mol. The Balaban J connectivity index is 0.00000144. The number of fused-ring (bicyclic) bond motifs is 1. The lowest BCUT2D eigenvalue weighted by atomic mass is 10.1. The maximum Gasteiger partial charge on any atom is 0.320 e. The van der Waals surface area contributed by atoms with E-state index in [1.165, 1.54) is 0 Å². The molecule has 5 N–H and O–H groups in total. The van der Waals surface area contributed by atoms with Crippen molar-refractivity contribution in [1.82, 2.24) is 4.57 Å². The summed E-state index contributed by atoms with van der Waals surface area (Å²) in [7, 11) is 1.94. The number of para-hydroxylation sites is 1. The summed E-state index contributed by atoms with van der Waals surface area (Å²) in [6.45, 7) is 0. The number of hydrogen-bond acceptors (Lipinski definition) is 2. The van der Waals surface area contributed by atoms with Crippen LogP contribution in [0.15, 0.2) is 30.5 Å². The number of benzene rings is 1. The summed E-state index contributed by atoms with van der Waals surface area (Å²) >= 11 is 0. The Labute approximate surface area is 98.8 Å². The number of aliphatic carboxylic acids is 1. The molecule has 17 heavy (non-hydrogen) atoms. The molecule has 0 aliphatic rings. The molecule has 5 heteroatoms. The van der Waals surface area contributed by atoms with E-state index < -0.39 is 12.0 Å². The average molecular weight is 236 g/mol. The van der Waals surface area contributed by atoms with Gasteiger partial charge in [0, 0.05) is 30.6 Å². The number of nitrogens with zero attached hydrogens (tertiary/aromatic N) is 1. The average Bonchev–Trinajstić information content (AvgIpc) is 2.57. The first-order chi connectivity index (χ1) is 7.59. The van der Waals surface area contributed by atoms with Gasteiger partial charge in [-0.2, -0.15) is 0 Å². The lowest BCUT2D eigenvalue weighted by molar-refractivity contribution is -0.138. The summed E-state index contributed by atoms with van der Waals surface area (Å²) in [6.07, 6.45) is 2.30. The minimum atomic E-state index is -0.965. The second kappa shape index (κ2) is 4.99. The van der Waals surface area contributed by atoms with Crippen molar-refractivity contribution in [1.29, 1.82) is 0 Å². The predicted octanol–water partition coefficient (Wildman–Crippen LogP) is 0.308. The molecule has 0 radical (unpaired) electrons. The molecule has 5 nitrogen and oxygen atoms in total. The van der Waals surface area contributed by atoms with Gasteiger partial charge < -0.3 is 20.9 Å². The van der Waals surface area contributed by atoms with Gasteiger partial charge in [-0.25, -0.2) is 0 Å². The zero-order chi connectivity index (χ0) is 11.7. The van der Waals surface area contributed by atoms with Crippen LogP contribution in [0.1, 0.15) is 5.56 Å². The summed E-state index contributed by atoms with van der Waals surface area (Å²) in [5, 5.41) is 9.86. The van der Waals surface area contributed by atoms with Gasteiger partial charge in [-0.05, 0) is 11.6 Å². The number of hydrogen-bond donors (Lipinski definition) is 2. The lowest BCUT2D eigenvalue weighted by Crippen LogP contribution is -2.32. The lowest BCUT2D eigenvalue weighted by Gasteiger charge is -2.04. The number of rotatable bonds is 3. The molecule has 0 saturated carbocycles. The van der Waals surface area contributed by atoms with Crippen LogP contribution >= 0.6 is 0 Å². The predicted molar refractivity (Wildman–Crippen MR) is 65.8 cm³/mol. The Morgan fingerprint density at radius 1 is 1.47 bits per heavy atom. The standard InChI is InChI=1S/C12H14N2O2.H2O/c1-14-7-8(6-10(13)12(15)16)9-4-2-3-5-11(9)14;/h2-5,7,10H,6,13H2,1H3,(H,15,16);1H2/t10-;/m0./s1. The highest BCUT2D eigenvalue weighted by Crippen LogP contribution is 2.21. The zero-order valence-corrected chi connectivity index (χ0v) is 9.55. The Kier molecular flexibility index (Phi) is 3.88. The Morgan fingerprint density at radius 3 is 2.76 bits per heavy atom. The van der Waals surface area contributed by atoms with Crippen LogP contribution in [0.25, 0.3) is 10.9 Å². The number of carboxylic acid groups (broad SMARTS) is 1. The van der Waals surface area contributed by atoms with Crippen LogP contribution in [0, 0.1) is 0 Å². The van der Waals surface area contributed by atoms with E-state index in [4.69, 9.17) is 10.8 Å². The Hall–Kier alpha value is -1.85. The highest BCUT2D eigenvalue weighted by Gasteiger charge is 2.15. The molecule has 0 unspecified atom stereocenters. The molecule has 2 aromatic rings. The van der Waals surface area contributed by atoms with Crippen LogP contribution in [-0.2, 0) is 18.3 Å². The Bertz CT molecular complexity index is 534. The molecule has 1 heterocycles. The van der Waals surface area contributed by atoms with E-state index in [0.717, 1.165) is 16.5 Å². The van der Waals surface area contributed by atoms with E-state index in [9.17, 15) is 4.79 Å². The van der Waals surface area contributed by atoms with Gasteiger partial charge in [0.2, 0.25) is 0 Å². The van der Waals surface area contributed by atoms with Gasteiger partial charge in [0.15, 0.2) is 0 Å². The van der Waals surface area contributed by atoms with E-state index in [1.54, 1.807) is 0 Å². The summed E-state index contributed by atoms with van der Waals surface area (Å²) in [5.74, 6) is -0.965. The summed E-state index contributed by atoms with van der Waals surface area (Å²) in [6, 6.07) is 7.05. The molecule has 0 aliphatic heterocycles. The second-order valence-corrected chi connectivity index (χ2v) is 3.93. The number of nitrogens with two attached hydrogens (primary N) is 1. The van der Waals surface area contributed by atoms with Gasteiger partial charge in [0.1, 0.15) is 6.04 Å².